The van der Waals surface area contributed by atoms with Crippen molar-refractivity contribution in [3.05, 3.63) is 58.0 Å². The monoisotopic (exact) mass is 448 g/mol. The fraction of sp³-hybridized carbons (Fsp3) is 0.190. The van der Waals surface area contributed by atoms with Crippen LogP contribution in [0.4, 0.5) is 18.0 Å². The van der Waals surface area contributed by atoms with Crippen LogP contribution in [0.3, 0.4) is 0 Å². The lowest BCUT2D eigenvalue weighted by atomic mass is 10.1. The molecule has 2 aromatic carbocycles. The average Bonchev–Trinajstić information content (AvgIpc) is 3.00. The third kappa shape index (κ3) is 4.67. The first kappa shape index (κ1) is 22.2. The molecule has 0 atom stereocenters. The third-order valence-electron chi connectivity index (χ3n) is 4.31. The standard InChI is InChI=1S/C21H15F3N2O4S/c1-3-26-19(27)18(31-20(26)28)10-12-4-7-16(17(9-12)29-2)30-15-6-5-13(11-25)8-14(15)21(22,23)24/h4-10H,3H2,1-2H3/b18-10-. The van der Waals surface area contributed by atoms with E-state index in [9.17, 15) is 22.8 Å². The van der Waals surface area contributed by atoms with Gasteiger partial charge >= 0.3 is 6.18 Å². The van der Waals surface area contributed by atoms with Crippen molar-refractivity contribution in [2.45, 2.75) is 13.1 Å². The number of methoxy groups -OCH3 is 1. The Morgan fingerprint density at radius 3 is 2.42 bits per heavy atom. The summed E-state index contributed by atoms with van der Waals surface area (Å²) in [5.41, 5.74) is -0.740. The van der Waals surface area contributed by atoms with Crippen LogP contribution in [0, 0.1) is 11.3 Å². The molecule has 0 saturated carbocycles. The number of nitriles is 1. The first-order valence-corrected chi connectivity index (χ1v) is 9.72. The van der Waals surface area contributed by atoms with Gasteiger partial charge < -0.3 is 9.47 Å². The molecule has 160 valence electrons. The van der Waals surface area contributed by atoms with E-state index >= 15 is 0 Å². The van der Waals surface area contributed by atoms with E-state index in [-0.39, 0.29) is 33.8 Å². The fourth-order valence-corrected chi connectivity index (χ4v) is 3.71. The highest BCUT2D eigenvalue weighted by Crippen LogP contribution is 2.41. The van der Waals surface area contributed by atoms with Crippen molar-refractivity contribution >= 4 is 29.0 Å². The highest BCUT2D eigenvalue weighted by atomic mass is 32.2. The zero-order valence-electron chi connectivity index (χ0n) is 16.3. The summed E-state index contributed by atoms with van der Waals surface area (Å²) >= 11 is 0.805. The van der Waals surface area contributed by atoms with Gasteiger partial charge in [0, 0.05) is 6.54 Å². The van der Waals surface area contributed by atoms with Crippen molar-refractivity contribution in [3.63, 3.8) is 0 Å². The second kappa shape index (κ2) is 8.73. The second-order valence-electron chi connectivity index (χ2n) is 6.26. The van der Waals surface area contributed by atoms with Crippen LogP contribution in [0.1, 0.15) is 23.6 Å². The van der Waals surface area contributed by atoms with Crippen LogP contribution in [0.5, 0.6) is 17.2 Å². The Balaban J connectivity index is 1.94. The van der Waals surface area contributed by atoms with Gasteiger partial charge in [-0.2, -0.15) is 18.4 Å². The Kier molecular flexibility index (Phi) is 6.27. The molecule has 6 nitrogen and oxygen atoms in total. The Morgan fingerprint density at radius 1 is 1.13 bits per heavy atom. The molecule has 3 rings (SSSR count). The van der Waals surface area contributed by atoms with E-state index in [1.807, 2.05) is 0 Å². The number of likely N-dealkylation sites (N-methyl/N-ethyl adjacent to an activating group) is 1. The van der Waals surface area contributed by atoms with Gasteiger partial charge in [0.25, 0.3) is 11.1 Å². The smallest absolute Gasteiger partial charge is 0.420 e. The Hall–Kier alpha value is -3.45. The predicted molar refractivity (Wildman–Crippen MR) is 108 cm³/mol. The van der Waals surface area contributed by atoms with Gasteiger partial charge in [0.2, 0.25) is 0 Å². The maximum Gasteiger partial charge on any atom is 0.420 e. The normalized spacial score (nSPS) is 15.4. The molecule has 1 aliphatic heterocycles. The number of hydrogen-bond acceptors (Lipinski definition) is 6. The number of alkyl halides is 3. The minimum atomic E-state index is -4.72. The highest BCUT2D eigenvalue weighted by molar-refractivity contribution is 8.18. The van der Waals surface area contributed by atoms with Crippen LogP contribution in [-0.4, -0.2) is 29.7 Å². The van der Waals surface area contributed by atoms with Crippen molar-refractivity contribution in [1.29, 1.82) is 5.26 Å². The topological polar surface area (TPSA) is 79.6 Å². The van der Waals surface area contributed by atoms with Crippen LogP contribution in [-0.2, 0) is 11.0 Å². The van der Waals surface area contributed by atoms with Crippen LogP contribution in [0.25, 0.3) is 6.08 Å². The Labute approximate surface area is 179 Å². The van der Waals surface area contributed by atoms with Gasteiger partial charge in [-0.15, -0.1) is 0 Å². The summed E-state index contributed by atoms with van der Waals surface area (Å²) in [7, 11) is 1.32. The number of thioether (sulfide) groups is 1. The van der Waals surface area contributed by atoms with Gasteiger partial charge in [0.15, 0.2) is 11.5 Å². The molecule has 2 amide bonds. The largest absolute Gasteiger partial charge is 0.493 e. The van der Waals surface area contributed by atoms with E-state index in [4.69, 9.17) is 14.7 Å². The molecule has 2 aromatic rings. The van der Waals surface area contributed by atoms with Gasteiger partial charge in [0.05, 0.1) is 29.2 Å². The highest BCUT2D eigenvalue weighted by Gasteiger charge is 2.35. The third-order valence-corrected chi connectivity index (χ3v) is 5.22. The van der Waals surface area contributed by atoms with Crippen molar-refractivity contribution < 1.29 is 32.2 Å². The number of benzene rings is 2. The molecule has 1 heterocycles. The van der Waals surface area contributed by atoms with Gasteiger partial charge in [-0.25, -0.2) is 0 Å². The summed E-state index contributed by atoms with van der Waals surface area (Å²) in [4.78, 5) is 25.4. The molecule has 10 heteroatoms. The van der Waals surface area contributed by atoms with Crippen molar-refractivity contribution in [2.75, 3.05) is 13.7 Å². The Bertz CT molecular complexity index is 1120. The molecule has 0 N–H and O–H groups in total. The number of halogens is 3. The summed E-state index contributed by atoms with van der Waals surface area (Å²) in [6.07, 6.45) is -3.23. The van der Waals surface area contributed by atoms with Gasteiger partial charge in [-0.3, -0.25) is 14.5 Å². The minimum Gasteiger partial charge on any atom is -0.493 e. The number of amides is 2. The quantitative estimate of drug-likeness (QED) is 0.567. The Morgan fingerprint density at radius 2 is 1.84 bits per heavy atom. The predicted octanol–water partition coefficient (Wildman–Crippen LogP) is 5.43. The van der Waals surface area contributed by atoms with Crippen LogP contribution < -0.4 is 9.47 Å². The van der Waals surface area contributed by atoms with E-state index in [0.29, 0.717) is 11.6 Å². The fourth-order valence-electron chi connectivity index (χ4n) is 2.81. The number of carbonyl (C=O) groups is 2. The second-order valence-corrected chi connectivity index (χ2v) is 7.25. The first-order valence-electron chi connectivity index (χ1n) is 8.90. The lowest BCUT2D eigenvalue weighted by molar-refractivity contribution is -0.138. The van der Waals surface area contributed by atoms with Crippen molar-refractivity contribution in [1.82, 2.24) is 4.90 Å². The van der Waals surface area contributed by atoms with E-state index in [1.54, 1.807) is 13.0 Å². The first-order chi connectivity index (χ1) is 14.7. The van der Waals surface area contributed by atoms with E-state index in [0.717, 1.165) is 22.7 Å². The number of ether oxygens (including phenoxy) is 2. The minimum absolute atomic E-state index is 0.0107. The number of imide groups is 1. The molecular formula is C21H15F3N2O4S. The van der Waals surface area contributed by atoms with E-state index in [2.05, 4.69) is 0 Å². The van der Waals surface area contributed by atoms with Crippen LogP contribution in [0.2, 0.25) is 0 Å². The zero-order valence-corrected chi connectivity index (χ0v) is 17.1. The molecule has 1 aliphatic rings. The lowest BCUT2D eigenvalue weighted by Crippen LogP contribution is -2.27. The van der Waals surface area contributed by atoms with Gasteiger partial charge in [-0.05, 0) is 60.7 Å². The molecule has 0 radical (unpaired) electrons. The molecule has 0 aromatic heterocycles. The summed E-state index contributed by atoms with van der Waals surface area (Å²) in [6.45, 7) is 1.94. The van der Waals surface area contributed by atoms with Crippen LogP contribution >= 0.6 is 11.8 Å². The number of carbonyl (C=O) groups excluding carboxylic acids is 2. The molecule has 1 fully saturated rings. The van der Waals surface area contributed by atoms with Crippen molar-refractivity contribution in [3.8, 4) is 23.3 Å². The van der Waals surface area contributed by atoms with Crippen molar-refractivity contribution in [2.24, 2.45) is 0 Å². The van der Waals surface area contributed by atoms with Crippen LogP contribution in [0.15, 0.2) is 41.3 Å². The maximum atomic E-state index is 13.4. The summed E-state index contributed by atoms with van der Waals surface area (Å²) in [6, 6.07) is 9.05. The van der Waals surface area contributed by atoms with E-state index in [1.165, 1.54) is 37.5 Å². The van der Waals surface area contributed by atoms with Gasteiger partial charge in [0.1, 0.15) is 5.75 Å². The summed E-state index contributed by atoms with van der Waals surface area (Å²) in [5.74, 6) is -0.761. The van der Waals surface area contributed by atoms with Gasteiger partial charge in [-0.1, -0.05) is 6.07 Å². The molecule has 0 bridgehead atoms. The number of rotatable bonds is 5. The lowest BCUT2D eigenvalue weighted by Gasteiger charge is -2.16. The molecule has 0 aliphatic carbocycles. The summed E-state index contributed by atoms with van der Waals surface area (Å²) < 4.78 is 50.8. The number of nitrogens with zero attached hydrogens (tertiary/aromatic N) is 2. The molecule has 0 spiro atoms. The molecule has 0 unspecified atom stereocenters. The van der Waals surface area contributed by atoms with E-state index < -0.39 is 23.4 Å². The number of hydrogen-bond donors (Lipinski definition) is 0. The molecule has 1 saturated heterocycles. The maximum absolute atomic E-state index is 13.4. The summed E-state index contributed by atoms with van der Waals surface area (Å²) in [5, 5.41) is 8.50. The molecular weight excluding hydrogens is 433 g/mol. The average molecular weight is 448 g/mol. The zero-order chi connectivity index (χ0) is 22.8. The SMILES string of the molecule is CCN1C(=O)S/C(=C\c2ccc(Oc3ccc(C#N)cc3C(F)(F)F)c(OC)c2)C1=O. The molecule has 31 heavy (non-hydrogen) atoms.